The Morgan fingerprint density at radius 1 is 0.938 bits per heavy atom. The minimum absolute atomic E-state index is 0.0444. The van der Waals surface area contributed by atoms with Crippen LogP contribution in [0, 0.1) is 12.3 Å². The van der Waals surface area contributed by atoms with E-state index in [1.54, 1.807) is 6.08 Å². The minimum Gasteiger partial charge on any atom is -0.460 e. The van der Waals surface area contributed by atoms with Crippen molar-refractivity contribution in [2.24, 2.45) is 0 Å². The summed E-state index contributed by atoms with van der Waals surface area (Å²) in [5.41, 5.74) is 0. The van der Waals surface area contributed by atoms with Gasteiger partial charge in [-0.15, -0.1) is 6.42 Å². The number of allylic oxidation sites excluding steroid dienone is 1. The maximum Gasteiger partial charge on any atom is 0.303 e. The molecule has 1 aliphatic rings. The largest absolute Gasteiger partial charge is 0.460 e. The van der Waals surface area contributed by atoms with Crippen LogP contribution in [0.5, 0.6) is 0 Å². The second kappa shape index (κ2) is 13.5. The Hall–Kier alpha value is -2.86. The third-order valence-electron chi connectivity index (χ3n) is 4.78. The molecule has 1 aliphatic heterocycles. The van der Waals surface area contributed by atoms with E-state index in [0.29, 0.717) is 12.8 Å². The van der Waals surface area contributed by atoms with Crippen LogP contribution >= 0.6 is 0 Å². The predicted octanol–water partition coefficient (Wildman–Crippen LogP) is 2.25. The Morgan fingerprint density at radius 3 is 1.94 bits per heavy atom. The molecule has 0 aromatic rings. The van der Waals surface area contributed by atoms with Gasteiger partial charge in [-0.25, -0.2) is 0 Å². The van der Waals surface area contributed by atoms with Gasteiger partial charge in [-0.2, -0.15) is 0 Å². The van der Waals surface area contributed by atoms with E-state index in [4.69, 9.17) is 30.1 Å². The fourth-order valence-corrected chi connectivity index (χ4v) is 3.64. The first-order valence-electron chi connectivity index (χ1n) is 10.5. The van der Waals surface area contributed by atoms with Crippen LogP contribution in [0.2, 0.25) is 0 Å². The highest BCUT2D eigenvalue weighted by Crippen LogP contribution is 2.30. The highest BCUT2D eigenvalue weighted by atomic mass is 16.6. The number of esters is 4. The number of terminal acetylenes is 1. The number of hydrogen-bond acceptors (Lipinski definition) is 9. The second-order valence-electron chi connectivity index (χ2n) is 7.49. The van der Waals surface area contributed by atoms with Crippen LogP contribution in [0.1, 0.15) is 60.3 Å². The van der Waals surface area contributed by atoms with Crippen LogP contribution in [0.15, 0.2) is 12.2 Å². The van der Waals surface area contributed by atoms with Crippen molar-refractivity contribution in [2.45, 2.75) is 96.9 Å². The van der Waals surface area contributed by atoms with Gasteiger partial charge < -0.3 is 23.7 Å². The van der Waals surface area contributed by atoms with Crippen molar-refractivity contribution < 1.29 is 42.9 Å². The molecule has 0 amide bonds. The van der Waals surface area contributed by atoms with Crippen LogP contribution in [-0.2, 0) is 42.9 Å². The van der Waals surface area contributed by atoms with Crippen molar-refractivity contribution in [1.29, 1.82) is 0 Å². The molecule has 9 heteroatoms. The summed E-state index contributed by atoms with van der Waals surface area (Å²) in [4.78, 5) is 47.0. The van der Waals surface area contributed by atoms with E-state index in [1.807, 2.05) is 6.92 Å². The van der Waals surface area contributed by atoms with Crippen molar-refractivity contribution in [3.05, 3.63) is 12.2 Å². The third-order valence-corrected chi connectivity index (χ3v) is 4.78. The average molecular weight is 453 g/mol. The summed E-state index contributed by atoms with van der Waals surface area (Å²) in [6.45, 7) is 6.82. The number of rotatable bonds is 8. The number of hydrogen-bond donors (Lipinski definition) is 0. The number of ether oxygens (including phenoxy) is 5. The Kier molecular flexibility index (Phi) is 11.5. The number of carbonyl (C=O) groups excluding carboxylic acids is 4. The first-order chi connectivity index (χ1) is 15.1. The normalized spacial score (nSPS) is 26.7. The van der Waals surface area contributed by atoms with Crippen molar-refractivity contribution in [3.63, 3.8) is 0 Å². The molecule has 0 aromatic carbocycles. The van der Waals surface area contributed by atoms with Crippen LogP contribution in [0.3, 0.4) is 0 Å². The van der Waals surface area contributed by atoms with Crippen LogP contribution < -0.4 is 0 Å². The first kappa shape index (κ1) is 27.2. The van der Waals surface area contributed by atoms with E-state index < -0.39 is 60.5 Å². The van der Waals surface area contributed by atoms with E-state index in [0.717, 1.165) is 0 Å². The van der Waals surface area contributed by atoms with Crippen molar-refractivity contribution in [2.75, 3.05) is 0 Å². The summed E-state index contributed by atoms with van der Waals surface area (Å²) < 4.78 is 28.1. The number of carbonyl (C=O) groups is 4. The molecular formula is C23H32O9. The maximum absolute atomic E-state index is 11.8. The Morgan fingerprint density at radius 2 is 1.47 bits per heavy atom. The van der Waals surface area contributed by atoms with E-state index in [1.165, 1.54) is 33.8 Å². The molecule has 9 nitrogen and oxygen atoms in total. The summed E-state index contributed by atoms with van der Waals surface area (Å²) in [6, 6.07) is 0. The lowest BCUT2D eigenvalue weighted by molar-refractivity contribution is -0.203. The fraction of sp³-hybridized carbons (Fsp3) is 0.652. The van der Waals surface area contributed by atoms with Crippen LogP contribution in [0.25, 0.3) is 0 Å². The molecule has 1 heterocycles. The van der Waals surface area contributed by atoms with Gasteiger partial charge in [-0.3, -0.25) is 19.2 Å². The van der Waals surface area contributed by atoms with E-state index >= 15 is 0 Å². The molecule has 1 fully saturated rings. The SMILES string of the molecule is C#C/C=C\C[C@H]1O[C@H]([C@H](CC)OC(C)=O)C[C@@H](OC(C)=O)[C@H](OC(C)=O)C[C@H]1OC(C)=O. The highest BCUT2D eigenvalue weighted by molar-refractivity contribution is 5.68. The van der Waals surface area contributed by atoms with Crippen molar-refractivity contribution in [3.8, 4) is 12.3 Å². The molecule has 0 N–H and O–H groups in total. The third kappa shape index (κ3) is 9.52. The zero-order valence-corrected chi connectivity index (χ0v) is 19.2. The average Bonchev–Trinajstić information content (AvgIpc) is 2.66. The molecule has 0 unspecified atom stereocenters. The standard InChI is InChI=1S/C23H32O9/c1-7-9-10-11-19-21(29-15(4)25)13-23(31-17(6)27)22(30-16(5)26)12-20(32-19)18(8-2)28-14(3)24/h1,9-10,18-23H,8,11-13H2,2-6H3/b10-9-/t18-,19+,20-,21+,22+,23+/m0/s1. The molecule has 6 atom stereocenters. The zero-order valence-electron chi connectivity index (χ0n) is 19.2. The van der Waals surface area contributed by atoms with Gasteiger partial charge in [0, 0.05) is 40.5 Å². The Bertz CT molecular complexity index is 736. The van der Waals surface area contributed by atoms with E-state index in [2.05, 4.69) is 5.92 Å². The van der Waals surface area contributed by atoms with Gasteiger partial charge in [0.15, 0.2) is 0 Å². The van der Waals surface area contributed by atoms with Gasteiger partial charge in [0.05, 0.1) is 12.2 Å². The monoisotopic (exact) mass is 452 g/mol. The van der Waals surface area contributed by atoms with Gasteiger partial charge in [-0.05, 0) is 18.9 Å². The summed E-state index contributed by atoms with van der Waals surface area (Å²) in [5, 5.41) is 0. The molecule has 0 bridgehead atoms. The fourth-order valence-electron chi connectivity index (χ4n) is 3.64. The molecule has 1 saturated heterocycles. The Balaban J connectivity index is 3.44. The van der Waals surface area contributed by atoms with Gasteiger partial charge in [0.2, 0.25) is 0 Å². The molecule has 0 spiro atoms. The summed E-state index contributed by atoms with van der Waals surface area (Å²) in [5.74, 6) is 0.172. The highest BCUT2D eigenvalue weighted by Gasteiger charge is 2.42. The molecule has 1 rings (SSSR count). The topological polar surface area (TPSA) is 114 Å². The van der Waals surface area contributed by atoms with Gasteiger partial charge in [0.25, 0.3) is 0 Å². The molecule has 0 saturated carbocycles. The predicted molar refractivity (Wildman–Crippen MR) is 113 cm³/mol. The lowest BCUT2D eigenvalue weighted by atomic mass is 9.92. The van der Waals surface area contributed by atoms with Crippen molar-refractivity contribution in [1.82, 2.24) is 0 Å². The summed E-state index contributed by atoms with van der Waals surface area (Å²) >= 11 is 0. The molecule has 0 radical (unpaired) electrons. The first-order valence-corrected chi connectivity index (χ1v) is 10.5. The van der Waals surface area contributed by atoms with E-state index in [9.17, 15) is 19.2 Å². The van der Waals surface area contributed by atoms with Crippen LogP contribution in [-0.4, -0.2) is 60.5 Å². The Labute approximate surface area is 188 Å². The van der Waals surface area contributed by atoms with Gasteiger partial charge in [0.1, 0.15) is 24.4 Å². The van der Waals surface area contributed by atoms with Crippen LogP contribution in [0.4, 0.5) is 0 Å². The van der Waals surface area contributed by atoms with E-state index in [-0.39, 0.29) is 12.8 Å². The molecule has 0 aliphatic carbocycles. The summed E-state index contributed by atoms with van der Waals surface area (Å²) in [7, 11) is 0. The van der Waals surface area contributed by atoms with Gasteiger partial charge >= 0.3 is 23.9 Å². The quantitative estimate of drug-likeness (QED) is 0.311. The zero-order chi connectivity index (χ0) is 24.3. The molecule has 0 aromatic heterocycles. The molecule has 32 heavy (non-hydrogen) atoms. The molecular weight excluding hydrogens is 420 g/mol. The lowest BCUT2D eigenvalue weighted by Crippen LogP contribution is -2.51. The minimum atomic E-state index is -0.902. The molecule has 178 valence electrons. The second-order valence-corrected chi connectivity index (χ2v) is 7.49. The van der Waals surface area contributed by atoms with Crippen molar-refractivity contribution >= 4 is 23.9 Å². The smallest absolute Gasteiger partial charge is 0.303 e. The summed E-state index contributed by atoms with van der Waals surface area (Å²) in [6.07, 6.45) is 4.62. The van der Waals surface area contributed by atoms with Gasteiger partial charge in [-0.1, -0.05) is 18.9 Å². The lowest BCUT2D eigenvalue weighted by Gasteiger charge is -2.40. The maximum atomic E-state index is 11.8.